The van der Waals surface area contributed by atoms with Crippen molar-refractivity contribution in [2.45, 2.75) is 31.8 Å². The Balaban J connectivity index is 1.93. The van der Waals surface area contributed by atoms with Crippen molar-refractivity contribution in [3.05, 3.63) is 35.4 Å². The second-order valence-corrected chi connectivity index (χ2v) is 5.52. The number of benzene rings is 1. The maximum Gasteiger partial charge on any atom is 0.251 e. The second kappa shape index (κ2) is 6.58. The summed E-state index contributed by atoms with van der Waals surface area (Å²) < 4.78 is 0. The molecule has 1 fully saturated rings. The zero-order chi connectivity index (χ0) is 15.4. The number of carbonyl (C=O) groups excluding carboxylic acids is 1. The molecule has 6 heteroatoms. The quantitative estimate of drug-likeness (QED) is 0.315. The first-order valence-electron chi connectivity index (χ1n) is 7.11. The van der Waals surface area contributed by atoms with Gasteiger partial charge in [0.25, 0.3) is 5.91 Å². The summed E-state index contributed by atoms with van der Waals surface area (Å²) in [6.07, 6.45) is 2.49. The van der Waals surface area contributed by atoms with Gasteiger partial charge in [0.1, 0.15) is 0 Å². The Morgan fingerprint density at radius 2 is 2.19 bits per heavy atom. The molecule has 1 unspecified atom stereocenters. The largest absolute Gasteiger partial charge is 0.409 e. The van der Waals surface area contributed by atoms with E-state index in [4.69, 9.17) is 10.9 Å². The van der Waals surface area contributed by atoms with Crippen molar-refractivity contribution in [1.29, 1.82) is 0 Å². The van der Waals surface area contributed by atoms with E-state index in [9.17, 15) is 4.79 Å². The molecule has 1 aliphatic carbocycles. The van der Waals surface area contributed by atoms with Gasteiger partial charge in [-0.05, 0) is 38.9 Å². The SMILES string of the molecule is CC(CNC(=O)c1cccc(/C(N)=N/O)c1)N(C)C1CC1. The van der Waals surface area contributed by atoms with Crippen molar-refractivity contribution in [2.75, 3.05) is 13.6 Å². The molecule has 0 radical (unpaired) electrons. The Labute approximate surface area is 124 Å². The van der Waals surface area contributed by atoms with Crippen LogP contribution in [-0.4, -0.2) is 47.5 Å². The lowest BCUT2D eigenvalue weighted by molar-refractivity contribution is 0.0939. The number of carbonyl (C=O) groups is 1. The lowest BCUT2D eigenvalue weighted by Crippen LogP contribution is -2.41. The van der Waals surface area contributed by atoms with Gasteiger partial charge >= 0.3 is 0 Å². The summed E-state index contributed by atoms with van der Waals surface area (Å²) >= 11 is 0. The highest BCUT2D eigenvalue weighted by molar-refractivity contribution is 6.01. The van der Waals surface area contributed by atoms with Gasteiger partial charge in [0, 0.05) is 29.8 Å². The third-order valence-corrected chi connectivity index (χ3v) is 3.90. The molecule has 0 aliphatic heterocycles. The van der Waals surface area contributed by atoms with Crippen LogP contribution in [0.3, 0.4) is 0 Å². The number of rotatable bonds is 6. The fourth-order valence-corrected chi connectivity index (χ4v) is 2.21. The van der Waals surface area contributed by atoms with E-state index in [2.05, 4.69) is 29.3 Å². The Morgan fingerprint density at radius 1 is 1.52 bits per heavy atom. The van der Waals surface area contributed by atoms with Crippen molar-refractivity contribution >= 4 is 11.7 Å². The van der Waals surface area contributed by atoms with Crippen LogP contribution in [0, 0.1) is 0 Å². The molecule has 0 saturated heterocycles. The van der Waals surface area contributed by atoms with Crippen LogP contribution >= 0.6 is 0 Å². The molecule has 1 saturated carbocycles. The molecule has 0 bridgehead atoms. The molecular weight excluding hydrogens is 268 g/mol. The van der Waals surface area contributed by atoms with Gasteiger partial charge in [-0.3, -0.25) is 9.69 Å². The Morgan fingerprint density at radius 3 is 2.81 bits per heavy atom. The Bertz CT molecular complexity index is 540. The topological polar surface area (TPSA) is 91.0 Å². The second-order valence-electron chi connectivity index (χ2n) is 5.52. The van der Waals surface area contributed by atoms with Crippen LogP contribution in [0.4, 0.5) is 0 Å². The van der Waals surface area contributed by atoms with Crippen molar-refractivity contribution < 1.29 is 10.0 Å². The third kappa shape index (κ3) is 3.95. The average molecular weight is 290 g/mol. The fraction of sp³-hybridized carbons (Fsp3) is 0.467. The number of hydrogen-bond donors (Lipinski definition) is 3. The molecule has 1 amide bonds. The molecule has 4 N–H and O–H groups in total. The fourth-order valence-electron chi connectivity index (χ4n) is 2.21. The van der Waals surface area contributed by atoms with E-state index in [0.717, 1.165) is 0 Å². The predicted molar refractivity (Wildman–Crippen MR) is 81.5 cm³/mol. The number of amides is 1. The van der Waals surface area contributed by atoms with Crippen molar-refractivity contribution in [3.8, 4) is 0 Å². The zero-order valence-corrected chi connectivity index (χ0v) is 12.4. The molecular formula is C15H22N4O2. The molecule has 6 nitrogen and oxygen atoms in total. The first-order valence-corrected chi connectivity index (χ1v) is 7.11. The van der Waals surface area contributed by atoms with Crippen LogP contribution in [-0.2, 0) is 0 Å². The highest BCUT2D eigenvalue weighted by Crippen LogP contribution is 2.26. The van der Waals surface area contributed by atoms with Crippen LogP contribution in [0.15, 0.2) is 29.4 Å². The molecule has 1 aliphatic rings. The first kappa shape index (κ1) is 15.3. The summed E-state index contributed by atoms with van der Waals surface area (Å²) in [6.45, 7) is 2.70. The molecule has 0 aromatic heterocycles. The number of hydrogen-bond acceptors (Lipinski definition) is 4. The monoisotopic (exact) mass is 290 g/mol. The van der Waals surface area contributed by atoms with Gasteiger partial charge in [-0.15, -0.1) is 0 Å². The molecule has 2 rings (SSSR count). The summed E-state index contributed by atoms with van der Waals surface area (Å²) in [7, 11) is 2.09. The standard InChI is InChI=1S/C15H22N4O2/c1-10(19(2)13-6-7-13)9-17-15(20)12-5-3-4-11(8-12)14(16)18-21/h3-5,8,10,13,21H,6-7,9H2,1-2H3,(H2,16,18)(H,17,20). The normalized spacial score (nSPS) is 16.8. The van der Waals surface area contributed by atoms with Crippen LogP contribution in [0.25, 0.3) is 0 Å². The molecule has 1 atom stereocenters. The summed E-state index contributed by atoms with van der Waals surface area (Å²) in [5, 5.41) is 14.5. The van der Waals surface area contributed by atoms with E-state index in [1.54, 1.807) is 24.3 Å². The van der Waals surface area contributed by atoms with E-state index in [1.165, 1.54) is 12.8 Å². The molecule has 0 spiro atoms. The molecule has 21 heavy (non-hydrogen) atoms. The van der Waals surface area contributed by atoms with Gasteiger partial charge in [-0.2, -0.15) is 0 Å². The maximum atomic E-state index is 12.1. The predicted octanol–water partition coefficient (Wildman–Crippen LogP) is 0.994. The summed E-state index contributed by atoms with van der Waals surface area (Å²) in [6, 6.07) is 7.69. The summed E-state index contributed by atoms with van der Waals surface area (Å²) in [5.41, 5.74) is 6.55. The highest BCUT2D eigenvalue weighted by atomic mass is 16.4. The number of likely N-dealkylation sites (N-methyl/N-ethyl adjacent to an activating group) is 1. The Hall–Kier alpha value is -2.08. The van der Waals surface area contributed by atoms with Gasteiger partial charge in [-0.25, -0.2) is 0 Å². The van der Waals surface area contributed by atoms with E-state index < -0.39 is 0 Å². The molecule has 1 aromatic carbocycles. The first-order chi connectivity index (χ1) is 10.0. The summed E-state index contributed by atoms with van der Waals surface area (Å²) in [5.74, 6) is -0.162. The van der Waals surface area contributed by atoms with Crippen LogP contribution in [0.1, 0.15) is 35.7 Å². The number of amidine groups is 1. The zero-order valence-electron chi connectivity index (χ0n) is 12.4. The third-order valence-electron chi connectivity index (χ3n) is 3.90. The summed E-state index contributed by atoms with van der Waals surface area (Å²) in [4.78, 5) is 14.4. The van der Waals surface area contributed by atoms with Gasteiger partial charge in [0.2, 0.25) is 0 Å². The molecule has 0 heterocycles. The minimum Gasteiger partial charge on any atom is -0.409 e. The minimum absolute atomic E-state index is 0.00788. The van der Waals surface area contributed by atoms with E-state index in [0.29, 0.717) is 29.8 Å². The smallest absolute Gasteiger partial charge is 0.251 e. The highest BCUT2D eigenvalue weighted by Gasteiger charge is 2.29. The van der Waals surface area contributed by atoms with Gasteiger partial charge < -0.3 is 16.3 Å². The van der Waals surface area contributed by atoms with Crippen molar-refractivity contribution in [2.24, 2.45) is 10.9 Å². The van der Waals surface area contributed by atoms with Crippen molar-refractivity contribution in [1.82, 2.24) is 10.2 Å². The average Bonchev–Trinajstić information content (AvgIpc) is 3.35. The molecule has 1 aromatic rings. The minimum atomic E-state index is -0.154. The van der Waals surface area contributed by atoms with Gasteiger partial charge in [-0.1, -0.05) is 17.3 Å². The number of nitrogens with two attached hydrogens (primary N) is 1. The number of nitrogens with zero attached hydrogens (tertiary/aromatic N) is 2. The van der Waals surface area contributed by atoms with E-state index in [1.807, 2.05) is 0 Å². The van der Waals surface area contributed by atoms with Crippen LogP contribution in [0.2, 0.25) is 0 Å². The Kier molecular flexibility index (Phi) is 4.80. The molecule has 114 valence electrons. The van der Waals surface area contributed by atoms with Gasteiger partial charge in [0.15, 0.2) is 5.84 Å². The maximum absolute atomic E-state index is 12.1. The van der Waals surface area contributed by atoms with Crippen LogP contribution in [0.5, 0.6) is 0 Å². The van der Waals surface area contributed by atoms with Gasteiger partial charge in [0.05, 0.1) is 0 Å². The number of nitrogens with one attached hydrogen (secondary N) is 1. The van der Waals surface area contributed by atoms with Crippen LogP contribution < -0.4 is 11.1 Å². The van der Waals surface area contributed by atoms with E-state index >= 15 is 0 Å². The van der Waals surface area contributed by atoms with E-state index in [-0.39, 0.29) is 11.7 Å². The number of oxime groups is 1. The lowest BCUT2D eigenvalue weighted by Gasteiger charge is -2.24. The lowest BCUT2D eigenvalue weighted by atomic mass is 10.1. The van der Waals surface area contributed by atoms with Crippen molar-refractivity contribution in [3.63, 3.8) is 0 Å².